The number of rotatable bonds is 4. The van der Waals surface area contributed by atoms with Crippen molar-refractivity contribution in [3.05, 3.63) is 22.2 Å². The Labute approximate surface area is 126 Å². The maximum absolute atomic E-state index is 9.68. The van der Waals surface area contributed by atoms with Gasteiger partial charge < -0.3 is 16.2 Å². The number of anilines is 1. The minimum atomic E-state index is -0.829. The zero-order valence-electron chi connectivity index (χ0n) is 11.0. The van der Waals surface area contributed by atoms with Crippen LogP contribution in [0.25, 0.3) is 0 Å². The lowest BCUT2D eigenvalue weighted by molar-refractivity contribution is 0.0884. The summed E-state index contributed by atoms with van der Waals surface area (Å²) in [6, 6.07) is 4.21. The van der Waals surface area contributed by atoms with Gasteiger partial charge in [-0.1, -0.05) is 0 Å². The highest BCUT2D eigenvalue weighted by atomic mass is 79.9. The minimum absolute atomic E-state index is 0.362. The Hall–Kier alpha value is -0.720. The van der Waals surface area contributed by atoms with Crippen molar-refractivity contribution < 1.29 is 5.11 Å². The van der Waals surface area contributed by atoms with Gasteiger partial charge in [-0.3, -0.25) is 0 Å². The number of amidine groups is 1. The number of hydrogen-bond acceptors (Lipinski definition) is 4. The second-order valence-corrected chi connectivity index (χ2v) is 6.94. The molecule has 0 atom stereocenters. The summed E-state index contributed by atoms with van der Waals surface area (Å²) in [6.45, 7) is 4.42. The Kier molecular flexibility index (Phi) is 4.43. The lowest BCUT2D eigenvalue weighted by Gasteiger charge is -2.15. The highest BCUT2D eigenvalue weighted by Gasteiger charge is 2.16. The maximum Gasteiger partial charge on any atom is 0.111 e. The van der Waals surface area contributed by atoms with E-state index in [1.54, 1.807) is 13.8 Å². The molecular weight excluding hydrogens is 326 g/mol. The van der Waals surface area contributed by atoms with E-state index in [1.807, 2.05) is 0 Å². The van der Waals surface area contributed by atoms with E-state index in [9.17, 15) is 5.11 Å². The second-order valence-electron chi connectivity index (χ2n) is 5.28. The monoisotopic (exact) mass is 343 g/mol. The smallest absolute Gasteiger partial charge is 0.111 e. The summed E-state index contributed by atoms with van der Waals surface area (Å²) in [5, 5.41) is 13.0. The predicted octanol–water partition coefficient (Wildman–Crippen LogP) is 2.94. The van der Waals surface area contributed by atoms with E-state index in [0.717, 1.165) is 22.3 Å². The SMILES string of the molecule is CC(C)(O)CC(N)=NSc1cc2c(cc1Br)CCN2. The van der Waals surface area contributed by atoms with Crippen molar-refractivity contribution in [2.24, 2.45) is 10.1 Å². The van der Waals surface area contributed by atoms with Crippen molar-refractivity contribution in [3.8, 4) is 0 Å². The molecular formula is C13H18BrN3OS. The van der Waals surface area contributed by atoms with Gasteiger partial charge in [0.15, 0.2) is 0 Å². The lowest BCUT2D eigenvalue weighted by atomic mass is 10.1. The quantitative estimate of drug-likeness (QED) is 0.446. The first-order valence-corrected chi connectivity index (χ1v) is 7.70. The highest BCUT2D eigenvalue weighted by Crippen LogP contribution is 2.35. The van der Waals surface area contributed by atoms with Crippen molar-refractivity contribution >= 4 is 39.4 Å². The van der Waals surface area contributed by atoms with Gasteiger partial charge in [0.1, 0.15) is 5.84 Å². The topological polar surface area (TPSA) is 70.6 Å². The van der Waals surface area contributed by atoms with Crippen LogP contribution in [-0.4, -0.2) is 23.1 Å². The number of benzene rings is 1. The van der Waals surface area contributed by atoms with Crippen LogP contribution in [0.2, 0.25) is 0 Å². The Bertz CT molecular complexity index is 511. The molecule has 0 saturated heterocycles. The summed E-state index contributed by atoms with van der Waals surface area (Å²) in [4.78, 5) is 1.02. The van der Waals surface area contributed by atoms with E-state index < -0.39 is 5.60 Å². The van der Waals surface area contributed by atoms with E-state index in [4.69, 9.17) is 5.73 Å². The fourth-order valence-corrected chi connectivity index (χ4v) is 3.16. The molecule has 6 heteroatoms. The molecule has 0 bridgehead atoms. The molecule has 0 fully saturated rings. The Morgan fingerprint density at radius 1 is 1.58 bits per heavy atom. The van der Waals surface area contributed by atoms with Crippen molar-refractivity contribution in [3.63, 3.8) is 0 Å². The maximum atomic E-state index is 9.68. The van der Waals surface area contributed by atoms with Gasteiger partial charge in [-0.2, -0.15) is 4.40 Å². The summed E-state index contributed by atoms with van der Waals surface area (Å²) < 4.78 is 5.29. The molecule has 1 aromatic carbocycles. The molecule has 0 unspecified atom stereocenters. The average Bonchev–Trinajstić information content (AvgIpc) is 2.70. The molecule has 0 radical (unpaired) electrons. The number of nitrogens with zero attached hydrogens (tertiary/aromatic N) is 1. The van der Waals surface area contributed by atoms with Gasteiger partial charge in [-0.25, -0.2) is 0 Å². The first-order chi connectivity index (χ1) is 8.85. The largest absolute Gasteiger partial charge is 0.390 e. The molecule has 19 heavy (non-hydrogen) atoms. The van der Waals surface area contributed by atoms with E-state index in [2.05, 4.69) is 37.8 Å². The van der Waals surface area contributed by atoms with Gasteiger partial charge in [-0.05, 0) is 53.9 Å². The third kappa shape index (κ3) is 4.12. The van der Waals surface area contributed by atoms with Crippen LogP contribution in [-0.2, 0) is 6.42 Å². The van der Waals surface area contributed by atoms with E-state index >= 15 is 0 Å². The van der Waals surface area contributed by atoms with Crippen molar-refractivity contribution in [2.75, 3.05) is 11.9 Å². The van der Waals surface area contributed by atoms with E-state index in [-0.39, 0.29) is 0 Å². The lowest BCUT2D eigenvalue weighted by Crippen LogP contribution is -2.27. The normalized spacial score (nSPS) is 15.3. The Balaban J connectivity index is 2.09. The molecule has 0 aliphatic carbocycles. The minimum Gasteiger partial charge on any atom is -0.390 e. The molecule has 0 saturated carbocycles. The second kappa shape index (κ2) is 5.73. The van der Waals surface area contributed by atoms with Gasteiger partial charge in [0.25, 0.3) is 0 Å². The predicted molar refractivity (Wildman–Crippen MR) is 84.7 cm³/mol. The highest BCUT2D eigenvalue weighted by molar-refractivity contribution is 9.10. The third-order valence-electron chi connectivity index (χ3n) is 2.74. The van der Waals surface area contributed by atoms with Crippen LogP contribution in [0.4, 0.5) is 5.69 Å². The molecule has 0 aromatic heterocycles. The fraction of sp³-hybridized carbons (Fsp3) is 0.462. The number of aliphatic hydroxyl groups is 1. The van der Waals surface area contributed by atoms with Gasteiger partial charge in [0, 0.05) is 40.0 Å². The molecule has 0 amide bonds. The van der Waals surface area contributed by atoms with Crippen LogP contribution in [0.3, 0.4) is 0 Å². The zero-order valence-corrected chi connectivity index (χ0v) is 13.4. The molecule has 1 aliphatic rings. The van der Waals surface area contributed by atoms with Gasteiger partial charge in [0.05, 0.1) is 5.60 Å². The molecule has 1 aromatic rings. The van der Waals surface area contributed by atoms with Crippen molar-refractivity contribution in [1.82, 2.24) is 0 Å². The summed E-state index contributed by atoms with van der Waals surface area (Å²) in [5.74, 6) is 0.442. The Morgan fingerprint density at radius 3 is 3.00 bits per heavy atom. The van der Waals surface area contributed by atoms with E-state index in [1.165, 1.54) is 23.2 Å². The third-order valence-corrected chi connectivity index (χ3v) is 4.52. The summed E-state index contributed by atoms with van der Waals surface area (Å²) in [7, 11) is 0. The molecule has 1 aliphatic heterocycles. The molecule has 4 nitrogen and oxygen atoms in total. The van der Waals surface area contributed by atoms with Gasteiger partial charge in [-0.15, -0.1) is 0 Å². The molecule has 0 spiro atoms. The number of nitrogens with one attached hydrogen (secondary N) is 1. The first kappa shape index (κ1) is 14.7. The molecule has 104 valence electrons. The van der Waals surface area contributed by atoms with Gasteiger partial charge >= 0.3 is 0 Å². The fourth-order valence-electron chi connectivity index (χ4n) is 1.95. The van der Waals surface area contributed by atoms with Crippen LogP contribution in [0.15, 0.2) is 25.9 Å². The molecule has 4 N–H and O–H groups in total. The van der Waals surface area contributed by atoms with Crippen LogP contribution < -0.4 is 11.1 Å². The number of halogens is 1. The van der Waals surface area contributed by atoms with E-state index in [0.29, 0.717) is 12.3 Å². The number of fused-ring (bicyclic) bond motifs is 1. The standard InChI is InChI=1S/C13H18BrN3OS/c1-13(2,18)7-12(15)17-19-11-6-10-8(3-4-16-10)5-9(11)14/h5-6,16,18H,3-4,7H2,1-2H3,(H2,15,17). The van der Waals surface area contributed by atoms with Crippen LogP contribution in [0.5, 0.6) is 0 Å². The van der Waals surface area contributed by atoms with Crippen molar-refractivity contribution in [1.29, 1.82) is 0 Å². The van der Waals surface area contributed by atoms with Crippen molar-refractivity contribution in [2.45, 2.75) is 37.2 Å². The van der Waals surface area contributed by atoms with Crippen LogP contribution in [0.1, 0.15) is 25.8 Å². The molecule has 2 rings (SSSR count). The number of hydrogen-bond donors (Lipinski definition) is 3. The first-order valence-electron chi connectivity index (χ1n) is 6.13. The van der Waals surface area contributed by atoms with Gasteiger partial charge in [0.2, 0.25) is 0 Å². The Morgan fingerprint density at radius 2 is 2.32 bits per heavy atom. The summed E-state index contributed by atoms with van der Waals surface area (Å²) in [5.41, 5.74) is 7.47. The molecule has 1 heterocycles. The zero-order chi connectivity index (χ0) is 14.0. The average molecular weight is 344 g/mol. The van der Waals surface area contributed by atoms with Crippen LogP contribution in [0, 0.1) is 0 Å². The number of nitrogens with two attached hydrogens (primary N) is 1. The van der Waals surface area contributed by atoms with Crippen LogP contribution >= 0.6 is 27.9 Å². The summed E-state index contributed by atoms with van der Waals surface area (Å²) in [6.07, 6.45) is 1.42. The summed E-state index contributed by atoms with van der Waals surface area (Å²) >= 11 is 4.88.